The molecule has 3 aromatic carbocycles. The van der Waals surface area contributed by atoms with E-state index in [-0.39, 0.29) is 12.3 Å². The predicted octanol–water partition coefficient (Wildman–Crippen LogP) is 7.58. The summed E-state index contributed by atoms with van der Waals surface area (Å²) in [5, 5.41) is 17.7. The van der Waals surface area contributed by atoms with Gasteiger partial charge in [-0.25, -0.2) is 14.5 Å². The topological polar surface area (TPSA) is 108 Å². The standard InChI is InChI=1S/C33H32F3N7O2S/c1-21(2)29-22(3)6-4-7-28(29)42-16-5-17-46-32(42)40-31(44)38-19-25(18-37)23-8-10-24(11-9-23)30-39-20-43(41-30)26-12-14-27(15-13-26)45-33(34,35)36/h4,6-15,20-21,25H,5,16-17,19H2,1-3H3,(H,38,44). The number of aliphatic imine (C=N–C) groups is 1. The molecule has 0 aliphatic carbocycles. The minimum atomic E-state index is -4.77. The summed E-state index contributed by atoms with van der Waals surface area (Å²) in [4.78, 5) is 23.7. The van der Waals surface area contributed by atoms with Crippen molar-refractivity contribution < 1.29 is 22.7 Å². The van der Waals surface area contributed by atoms with E-state index >= 15 is 0 Å². The van der Waals surface area contributed by atoms with E-state index in [0.717, 1.165) is 24.4 Å². The Bertz CT molecular complexity index is 1750. The summed E-state index contributed by atoms with van der Waals surface area (Å²) in [6.45, 7) is 7.27. The highest BCUT2D eigenvalue weighted by molar-refractivity contribution is 8.14. The molecule has 13 heteroatoms. The highest BCUT2D eigenvalue weighted by atomic mass is 32.2. The molecule has 5 rings (SSSR count). The highest BCUT2D eigenvalue weighted by Gasteiger charge is 2.31. The van der Waals surface area contributed by atoms with Gasteiger partial charge in [0.25, 0.3) is 0 Å². The lowest BCUT2D eigenvalue weighted by Gasteiger charge is -2.32. The van der Waals surface area contributed by atoms with Crippen LogP contribution in [0.4, 0.5) is 23.7 Å². The van der Waals surface area contributed by atoms with Crippen LogP contribution >= 0.6 is 11.8 Å². The molecule has 0 radical (unpaired) electrons. The molecule has 2 amide bonds. The molecule has 1 aliphatic heterocycles. The van der Waals surface area contributed by atoms with Gasteiger partial charge >= 0.3 is 12.4 Å². The van der Waals surface area contributed by atoms with E-state index in [2.05, 4.69) is 69.0 Å². The SMILES string of the molecule is Cc1cccc(N2CCCSC2=NC(=O)NCC(C#N)c2ccc(-c3ncn(-c4ccc(OC(F)(F)F)cc4)n3)cc2)c1C(C)C. The number of alkyl halides is 3. The van der Waals surface area contributed by atoms with Crippen molar-refractivity contribution in [3.63, 3.8) is 0 Å². The number of aromatic nitrogens is 3. The van der Waals surface area contributed by atoms with Crippen molar-refractivity contribution >= 4 is 28.6 Å². The molecule has 4 aromatic rings. The van der Waals surface area contributed by atoms with Crippen molar-refractivity contribution in [2.24, 2.45) is 4.99 Å². The number of aryl methyl sites for hydroxylation is 1. The zero-order valence-corrected chi connectivity index (χ0v) is 26.3. The first-order chi connectivity index (χ1) is 22.0. The molecule has 1 saturated heterocycles. The Morgan fingerprint density at radius 3 is 2.54 bits per heavy atom. The molecule has 2 heterocycles. The van der Waals surface area contributed by atoms with Crippen LogP contribution in [0.15, 0.2) is 78.0 Å². The van der Waals surface area contributed by atoms with E-state index in [0.29, 0.717) is 33.7 Å². The minimum absolute atomic E-state index is 0.0821. The summed E-state index contributed by atoms with van der Waals surface area (Å²) in [7, 11) is 0. The molecule has 238 valence electrons. The van der Waals surface area contributed by atoms with Gasteiger partial charge in [-0.15, -0.1) is 18.3 Å². The number of carbonyl (C=O) groups excluding carboxylic acids is 1. The maximum absolute atomic E-state index is 12.9. The number of amides is 2. The third-order valence-electron chi connectivity index (χ3n) is 7.37. The fourth-order valence-corrected chi connectivity index (χ4v) is 6.21. The molecule has 1 fully saturated rings. The lowest BCUT2D eigenvalue weighted by Crippen LogP contribution is -2.37. The smallest absolute Gasteiger partial charge is 0.406 e. The Kier molecular flexibility index (Phi) is 9.96. The van der Waals surface area contributed by atoms with Crippen LogP contribution in [0, 0.1) is 18.3 Å². The summed E-state index contributed by atoms with van der Waals surface area (Å²) in [6, 6.07) is 20.3. The summed E-state index contributed by atoms with van der Waals surface area (Å²) < 4.78 is 42.7. The summed E-state index contributed by atoms with van der Waals surface area (Å²) >= 11 is 1.55. The van der Waals surface area contributed by atoms with Gasteiger partial charge in [0.1, 0.15) is 12.1 Å². The predicted molar refractivity (Wildman–Crippen MR) is 172 cm³/mol. The number of benzene rings is 3. The van der Waals surface area contributed by atoms with Crippen LogP contribution in [0.5, 0.6) is 5.75 Å². The third kappa shape index (κ3) is 7.87. The zero-order valence-electron chi connectivity index (χ0n) is 25.5. The Hall–Kier alpha value is -4.83. The van der Waals surface area contributed by atoms with E-state index in [4.69, 9.17) is 0 Å². The van der Waals surface area contributed by atoms with Gasteiger partial charge in [0.2, 0.25) is 0 Å². The van der Waals surface area contributed by atoms with Crippen molar-refractivity contribution in [2.75, 3.05) is 23.7 Å². The number of thioether (sulfide) groups is 1. The average Bonchev–Trinajstić information content (AvgIpc) is 3.52. The maximum Gasteiger partial charge on any atom is 0.573 e. The second-order valence-electron chi connectivity index (χ2n) is 11.0. The molecule has 1 aromatic heterocycles. The molecule has 1 aliphatic rings. The lowest BCUT2D eigenvalue weighted by molar-refractivity contribution is -0.274. The van der Waals surface area contributed by atoms with Gasteiger partial charge in [-0.3, -0.25) is 0 Å². The number of nitrogens with one attached hydrogen (secondary N) is 1. The van der Waals surface area contributed by atoms with Gasteiger partial charge in [-0.2, -0.15) is 10.3 Å². The van der Waals surface area contributed by atoms with Crippen LogP contribution in [0.2, 0.25) is 0 Å². The largest absolute Gasteiger partial charge is 0.573 e. The van der Waals surface area contributed by atoms with Crippen LogP contribution in [0.1, 0.15) is 48.8 Å². The molecule has 9 nitrogen and oxygen atoms in total. The number of rotatable bonds is 8. The number of urea groups is 1. The monoisotopic (exact) mass is 647 g/mol. The van der Waals surface area contributed by atoms with Crippen LogP contribution in [-0.4, -0.2) is 51.2 Å². The minimum Gasteiger partial charge on any atom is -0.406 e. The van der Waals surface area contributed by atoms with E-state index in [1.165, 1.54) is 46.4 Å². The lowest BCUT2D eigenvalue weighted by atomic mass is 9.95. The Labute approximate surface area is 269 Å². The van der Waals surface area contributed by atoms with Gasteiger partial charge in [0.05, 0.1) is 17.7 Å². The van der Waals surface area contributed by atoms with Crippen molar-refractivity contribution in [1.82, 2.24) is 20.1 Å². The Morgan fingerprint density at radius 1 is 1.13 bits per heavy atom. The van der Waals surface area contributed by atoms with Crippen molar-refractivity contribution in [2.45, 2.75) is 45.4 Å². The van der Waals surface area contributed by atoms with Crippen LogP contribution in [0.3, 0.4) is 0 Å². The number of carbonyl (C=O) groups is 1. The molecule has 1 unspecified atom stereocenters. The number of hydrogen-bond donors (Lipinski definition) is 1. The van der Waals surface area contributed by atoms with Crippen molar-refractivity contribution in [1.29, 1.82) is 5.26 Å². The average molecular weight is 648 g/mol. The maximum atomic E-state index is 12.9. The van der Waals surface area contributed by atoms with E-state index in [1.54, 1.807) is 36.0 Å². The molecule has 0 saturated carbocycles. The number of anilines is 1. The number of nitrogens with zero attached hydrogens (tertiary/aromatic N) is 6. The first-order valence-electron chi connectivity index (χ1n) is 14.7. The highest BCUT2D eigenvalue weighted by Crippen LogP contribution is 2.34. The Balaban J connectivity index is 1.23. The summed E-state index contributed by atoms with van der Waals surface area (Å²) in [6.07, 6.45) is -2.34. The van der Waals surface area contributed by atoms with Gasteiger partial charge in [0.15, 0.2) is 11.0 Å². The number of halogens is 3. The quantitative estimate of drug-likeness (QED) is 0.210. The number of amidine groups is 1. The second-order valence-corrected chi connectivity index (χ2v) is 12.0. The number of hydrogen-bond acceptors (Lipinski definition) is 6. The zero-order chi connectivity index (χ0) is 32.8. The van der Waals surface area contributed by atoms with Crippen molar-refractivity contribution in [3.8, 4) is 28.9 Å². The van der Waals surface area contributed by atoms with Crippen LogP contribution < -0.4 is 15.0 Å². The van der Waals surface area contributed by atoms with Gasteiger partial charge in [-0.05, 0) is 66.3 Å². The van der Waals surface area contributed by atoms with Crippen molar-refractivity contribution in [3.05, 3.63) is 89.7 Å². The van der Waals surface area contributed by atoms with Gasteiger partial charge in [0, 0.05) is 30.1 Å². The molecule has 0 bridgehead atoms. The van der Waals surface area contributed by atoms with E-state index in [9.17, 15) is 23.2 Å². The molecular formula is C33H32F3N7O2S. The first-order valence-corrected chi connectivity index (χ1v) is 15.6. The normalized spacial score (nSPS) is 15.1. The third-order valence-corrected chi connectivity index (χ3v) is 8.43. The van der Waals surface area contributed by atoms with Crippen LogP contribution in [0.25, 0.3) is 17.1 Å². The molecule has 0 spiro atoms. The second kappa shape index (κ2) is 14.1. The Morgan fingerprint density at radius 2 is 1.87 bits per heavy atom. The molecule has 1 N–H and O–H groups in total. The fourth-order valence-electron chi connectivity index (χ4n) is 5.27. The molecule has 46 heavy (non-hydrogen) atoms. The molecule has 1 atom stereocenters. The first kappa shape index (κ1) is 32.6. The molecular weight excluding hydrogens is 615 g/mol. The van der Waals surface area contributed by atoms with Crippen LogP contribution in [-0.2, 0) is 0 Å². The van der Waals surface area contributed by atoms with Gasteiger partial charge in [-0.1, -0.05) is 62.0 Å². The van der Waals surface area contributed by atoms with E-state index in [1.807, 2.05) is 6.07 Å². The van der Waals surface area contributed by atoms with E-state index < -0.39 is 18.3 Å². The van der Waals surface area contributed by atoms with Gasteiger partial charge < -0.3 is 15.0 Å². The summed E-state index contributed by atoms with van der Waals surface area (Å²) in [5.74, 6) is 0.633. The fraction of sp³-hybridized carbons (Fsp3) is 0.303. The number of nitriles is 1. The summed E-state index contributed by atoms with van der Waals surface area (Å²) in [5.41, 5.74) is 5.39. The number of ether oxygens (including phenoxy) is 1.